The van der Waals surface area contributed by atoms with E-state index < -0.39 is 5.60 Å². The van der Waals surface area contributed by atoms with Crippen LogP contribution in [0.1, 0.15) is 17.5 Å². The second-order valence-electron chi connectivity index (χ2n) is 5.33. The van der Waals surface area contributed by atoms with Gasteiger partial charge in [-0.25, -0.2) is 0 Å². The van der Waals surface area contributed by atoms with Crippen molar-refractivity contribution in [3.8, 4) is 0 Å². The van der Waals surface area contributed by atoms with Gasteiger partial charge in [-0.05, 0) is 23.6 Å². The summed E-state index contributed by atoms with van der Waals surface area (Å²) >= 11 is 6.14. The lowest BCUT2D eigenvalue weighted by Crippen LogP contribution is -2.30. The molecule has 1 aromatic heterocycles. The van der Waals surface area contributed by atoms with Crippen LogP contribution in [0.15, 0.2) is 48.8 Å². The fourth-order valence-corrected chi connectivity index (χ4v) is 2.94. The van der Waals surface area contributed by atoms with E-state index in [1.807, 2.05) is 36.4 Å². The third kappa shape index (κ3) is 2.70. The average Bonchev–Trinajstić information content (AvgIpc) is 2.85. The van der Waals surface area contributed by atoms with Crippen molar-refractivity contribution in [2.45, 2.75) is 18.6 Å². The SMILES string of the molecule is O[C@]1(c2ccccc2)CCN(Cc2ccncc2Cl)C1. The van der Waals surface area contributed by atoms with Gasteiger partial charge in [0.25, 0.3) is 0 Å². The van der Waals surface area contributed by atoms with Gasteiger partial charge in [-0.3, -0.25) is 9.88 Å². The molecule has 20 heavy (non-hydrogen) atoms. The van der Waals surface area contributed by atoms with E-state index in [0.29, 0.717) is 11.6 Å². The molecule has 2 heterocycles. The van der Waals surface area contributed by atoms with Crippen molar-refractivity contribution >= 4 is 11.6 Å². The highest BCUT2D eigenvalue weighted by molar-refractivity contribution is 6.31. The van der Waals surface area contributed by atoms with Crippen molar-refractivity contribution in [1.29, 1.82) is 0 Å². The number of halogens is 1. The van der Waals surface area contributed by atoms with Gasteiger partial charge in [0.05, 0.1) is 5.02 Å². The van der Waals surface area contributed by atoms with Crippen LogP contribution < -0.4 is 0 Å². The van der Waals surface area contributed by atoms with E-state index in [4.69, 9.17) is 11.6 Å². The predicted molar refractivity (Wildman–Crippen MR) is 79.5 cm³/mol. The predicted octanol–water partition coefficient (Wildman–Crippen LogP) is 2.83. The molecule has 0 unspecified atom stereocenters. The molecule has 0 amide bonds. The molecule has 3 nitrogen and oxygen atoms in total. The Bertz CT molecular complexity index is 590. The molecule has 1 aliphatic rings. The van der Waals surface area contributed by atoms with E-state index >= 15 is 0 Å². The van der Waals surface area contributed by atoms with Crippen LogP contribution in [0.25, 0.3) is 0 Å². The first-order valence-electron chi connectivity index (χ1n) is 6.76. The van der Waals surface area contributed by atoms with Crippen molar-refractivity contribution < 1.29 is 5.11 Å². The summed E-state index contributed by atoms with van der Waals surface area (Å²) in [5.74, 6) is 0. The highest BCUT2D eigenvalue weighted by atomic mass is 35.5. The number of hydrogen-bond acceptors (Lipinski definition) is 3. The minimum Gasteiger partial charge on any atom is -0.384 e. The monoisotopic (exact) mass is 288 g/mol. The Labute approximate surface area is 123 Å². The highest BCUT2D eigenvalue weighted by Crippen LogP contribution is 2.32. The fourth-order valence-electron chi connectivity index (χ4n) is 2.76. The van der Waals surface area contributed by atoms with Gasteiger partial charge < -0.3 is 5.11 Å². The first-order valence-corrected chi connectivity index (χ1v) is 7.14. The molecular formula is C16H17ClN2O. The van der Waals surface area contributed by atoms with Gasteiger partial charge in [0.15, 0.2) is 0 Å². The number of benzene rings is 1. The Kier molecular flexibility index (Phi) is 3.74. The van der Waals surface area contributed by atoms with Crippen LogP contribution in [0.2, 0.25) is 5.02 Å². The van der Waals surface area contributed by atoms with E-state index in [0.717, 1.165) is 30.6 Å². The maximum Gasteiger partial charge on any atom is 0.103 e. The van der Waals surface area contributed by atoms with Gasteiger partial charge in [-0.2, -0.15) is 0 Å². The molecular weight excluding hydrogens is 272 g/mol. The van der Waals surface area contributed by atoms with Crippen molar-refractivity contribution in [2.24, 2.45) is 0 Å². The Morgan fingerprint density at radius 2 is 2.05 bits per heavy atom. The van der Waals surface area contributed by atoms with E-state index in [1.54, 1.807) is 12.4 Å². The van der Waals surface area contributed by atoms with Crippen LogP contribution in [0.5, 0.6) is 0 Å². The summed E-state index contributed by atoms with van der Waals surface area (Å²) in [6, 6.07) is 11.8. The van der Waals surface area contributed by atoms with Crippen LogP contribution in [0.3, 0.4) is 0 Å². The zero-order valence-electron chi connectivity index (χ0n) is 11.2. The van der Waals surface area contributed by atoms with E-state index in [9.17, 15) is 5.11 Å². The van der Waals surface area contributed by atoms with Crippen LogP contribution in [-0.2, 0) is 12.1 Å². The lowest BCUT2D eigenvalue weighted by atomic mass is 9.93. The molecule has 4 heteroatoms. The number of aromatic nitrogens is 1. The van der Waals surface area contributed by atoms with Gasteiger partial charge in [0.1, 0.15) is 5.60 Å². The molecule has 0 saturated carbocycles. The van der Waals surface area contributed by atoms with E-state index in [1.165, 1.54) is 0 Å². The minimum absolute atomic E-state index is 0.635. The molecule has 1 saturated heterocycles. The summed E-state index contributed by atoms with van der Waals surface area (Å²) in [6.07, 6.45) is 4.16. The number of β-amino-alcohol motifs (C(OH)–C–C–N with tert-alkyl or cyclic N) is 1. The fraction of sp³-hybridized carbons (Fsp3) is 0.312. The molecule has 2 aromatic rings. The van der Waals surface area contributed by atoms with Crippen molar-refractivity contribution in [2.75, 3.05) is 13.1 Å². The summed E-state index contributed by atoms with van der Waals surface area (Å²) in [7, 11) is 0. The van der Waals surface area contributed by atoms with Gasteiger partial charge in [0.2, 0.25) is 0 Å². The molecule has 3 rings (SSSR count). The molecule has 0 radical (unpaired) electrons. The second kappa shape index (κ2) is 5.52. The smallest absolute Gasteiger partial charge is 0.103 e. The minimum atomic E-state index is -0.749. The molecule has 1 fully saturated rings. The van der Waals surface area contributed by atoms with Crippen LogP contribution in [0.4, 0.5) is 0 Å². The lowest BCUT2D eigenvalue weighted by molar-refractivity contribution is 0.0453. The van der Waals surface area contributed by atoms with Crippen LogP contribution in [0, 0.1) is 0 Å². The number of likely N-dealkylation sites (tertiary alicyclic amines) is 1. The summed E-state index contributed by atoms with van der Waals surface area (Å²) < 4.78 is 0. The zero-order chi connectivity index (χ0) is 14.0. The summed E-state index contributed by atoms with van der Waals surface area (Å²) in [5, 5.41) is 11.5. The normalized spacial score (nSPS) is 23.1. The second-order valence-corrected chi connectivity index (χ2v) is 5.73. The molecule has 0 spiro atoms. The number of pyridine rings is 1. The first-order chi connectivity index (χ1) is 9.67. The zero-order valence-corrected chi connectivity index (χ0v) is 11.9. The Morgan fingerprint density at radius 3 is 2.80 bits per heavy atom. The number of hydrogen-bond donors (Lipinski definition) is 1. The van der Waals surface area contributed by atoms with Crippen molar-refractivity contribution in [1.82, 2.24) is 9.88 Å². The average molecular weight is 289 g/mol. The first kappa shape index (κ1) is 13.6. The quantitative estimate of drug-likeness (QED) is 0.943. The van der Waals surface area contributed by atoms with E-state index in [2.05, 4.69) is 9.88 Å². The van der Waals surface area contributed by atoms with Gasteiger partial charge in [-0.1, -0.05) is 41.9 Å². The van der Waals surface area contributed by atoms with Crippen molar-refractivity contribution in [3.63, 3.8) is 0 Å². The standard InChI is InChI=1S/C16H17ClN2O/c17-15-10-18-8-6-13(15)11-19-9-7-16(20,12-19)14-4-2-1-3-5-14/h1-6,8,10,20H,7,9,11-12H2/t16-/m1/s1. The lowest BCUT2D eigenvalue weighted by Gasteiger charge is -2.24. The Balaban J connectivity index is 1.73. The molecule has 1 aliphatic heterocycles. The molecule has 104 valence electrons. The van der Waals surface area contributed by atoms with Gasteiger partial charge >= 0.3 is 0 Å². The summed E-state index contributed by atoms with van der Waals surface area (Å²) in [5.41, 5.74) is 1.29. The topological polar surface area (TPSA) is 36.4 Å². The third-order valence-electron chi connectivity index (χ3n) is 3.89. The van der Waals surface area contributed by atoms with Crippen LogP contribution in [-0.4, -0.2) is 28.1 Å². The molecule has 0 aliphatic carbocycles. The van der Waals surface area contributed by atoms with Gasteiger partial charge in [-0.15, -0.1) is 0 Å². The highest BCUT2D eigenvalue weighted by Gasteiger charge is 2.37. The largest absolute Gasteiger partial charge is 0.384 e. The van der Waals surface area contributed by atoms with E-state index in [-0.39, 0.29) is 0 Å². The third-order valence-corrected chi connectivity index (χ3v) is 4.23. The maximum atomic E-state index is 10.8. The van der Waals surface area contributed by atoms with Crippen LogP contribution >= 0.6 is 11.6 Å². The molecule has 1 aromatic carbocycles. The number of aliphatic hydroxyl groups is 1. The molecule has 1 atom stereocenters. The van der Waals surface area contributed by atoms with Crippen molar-refractivity contribution in [3.05, 3.63) is 64.9 Å². The number of rotatable bonds is 3. The van der Waals surface area contributed by atoms with Gasteiger partial charge in [0, 0.05) is 32.0 Å². The molecule has 1 N–H and O–H groups in total. The summed E-state index contributed by atoms with van der Waals surface area (Å²) in [6.45, 7) is 2.25. The Morgan fingerprint density at radius 1 is 1.25 bits per heavy atom. The Hall–Kier alpha value is -1.42. The maximum absolute atomic E-state index is 10.8. The molecule has 0 bridgehead atoms. The number of nitrogens with zero attached hydrogens (tertiary/aromatic N) is 2. The summed E-state index contributed by atoms with van der Waals surface area (Å²) in [4.78, 5) is 6.23.